The van der Waals surface area contributed by atoms with Gasteiger partial charge in [-0.05, 0) is 24.5 Å². The normalized spacial score (nSPS) is 17.5. The van der Waals surface area contributed by atoms with Gasteiger partial charge >= 0.3 is 5.97 Å². The average Bonchev–Trinajstić information content (AvgIpc) is 2.91. The lowest BCUT2D eigenvalue weighted by molar-refractivity contribution is 0.0553. The van der Waals surface area contributed by atoms with E-state index in [4.69, 9.17) is 4.42 Å². The van der Waals surface area contributed by atoms with Gasteiger partial charge in [-0.15, -0.1) is 0 Å². The van der Waals surface area contributed by atoms with E-state index < -0.39 is 12.1 Å². The summed E-state index contributed by atoms with van der Waals surface area (Å²) in [6, 6.07) is 3.15. The molecule has 1 atom stereocenters. The highest BCUT2D eigenvalue weighted by Gasteiger charge is 2.27. The fraction of sp³-hybridized carbons (Fsp3) is 0.545. The second-order valence-corrected chi connectivity index (χ2v) is 3.89. The molecule has 0 radical (unpaired) electrons. The summed E-state index contributed by atoms with van der Waals surface area (Å²) >= 11 is 0. The lowest BCUT2D eigenvalue weighted by atomic mass is 10.1. The van der Waals surface area contributed by atoms with Gasteiger partial charge in [-0.1, -0.05) is 12.8 Å². The standard InChI is InChI=1S/C11H14O4/c1-14-11(13)10-5-4-9(15-10)8(12)6-7-2-3-7/h4-5,7-8,12H,2-3,6H2,1H3. The minimum Gasteiger partial charge on any atom is -0.463 e. The maximum Gasteiger partial charge on any atom is 0.373 e. The van der Waals surface area contributed by atoms with Crippen LogP contribution in [0, 0.1) is 5.92 Å². The van der Waals surface area contributed by atoms with Crippen molar-refractivity contribution in [1.29, 1.82) is 0 Å². The van der Waals surface area contributed by atoms with Gasteiger partial charge in [-0.2, -0.15) is 0 Å². The first-order chi connectivity index (χ1) is 7.20. The minimum atomic E-state index is -0.601. The van der Waals surface area contributed by atoms with Gasteiger partial charge in [0.2, 0.25) is 5.76 Å². The Labute approximate surface area is 87.8 Å². The van der Waals surface area contributed by atoms with E-state index in [1.165, 1.54) is 26.0 Å². The monoisotopic (exact) mass is 210 g/mol. The summed E-state index contributed by atoms with van der Waals surface area (Å²) in [7, 11) is 1.30. The van der Waals surface area contributed by atoms with E-state index in [1.807, 2.05) is 0 Å². The molecule has 1 aromatic rings. The Morgan fingerprint density at radius 3 is 3.00 bits per heavy atom. The van der Waals surface area contributed by atoms with E-state index in [9.17, 15) is 9.90 Å². The predicted molar refractivity (Wildman–Crippen MR) is 52.3 cm³/mol. The molecule has 0 bridgehead atoms. The van der Waals surface area contributed by atoms with Crippen LogP contribution < -0.4 is 0 Å². The number of esters is 1. The molecule has 2 rings (SSSR count). The molecule has 1 saturated carbocycles. The molecule has 4 heteroatoms. The van der Waals surface area contributed by atoms with Crippen molar-refractivity contribution in [1.82, 2.24) is 0 Å². The molecule has 1 heterocycles. The maximum atomic E-state index is 11.1. The fourth-order valence-electron chi connectivity index (χ4n) is 1.53. The predicted octanol–water partition coefficient (Wildman–Crippen LogP) is 1.90. The molecule has 1 aliphatic rings. The molecular weight excluding hydrogens is 196 g/mol. The van der Waals surface area contributed by atoms with Crippen LogP contribution in [0.3, 0.4) is 0 Å². The SMILES string of the molecule is COC(=O)c1ccc(C(O)CC2CC2)o1. The highest BCUT2D eigenvalue weighted by atomic mass is 16.5. The van der Waals surface area contributed by atoms with Gasteiger partial charge in [-0.3, -0.25) is 0 Å². The van der Waals surface area contributed by atoms with Crippen LogP contribution in [0.1, 0.15) is 41.7 Å². The highest BCUT2D eigenvalue weighted by Crippen LogP contribution is 2.37. The van der Waals surface area contributed by atoms with Crippen molar-refractivity contribution in [3.8, 4) is 0 Å². The van der Waals surface area contributed by atoms with Crippen molar-refractivity contribution in [2.24, 2.45) is 5.92 Å². The quantitative estimate of drug-likeness (QED) is 0.771. The van der Waals surface area contributed by atoms with Crippen molar-refractivity contribution in [3.63, 3.8) is 0 Å². The van der Waals surface area contributed by atoms with Gasteiger partial charge in [0, 0.05) is 0 Å². The highest BCUT2D eigenvalue weighted by molar-refractivity contribution is 5.86. The van der Waals surface area contributed by atoms with Gasteiger partial charge in [-0.25, -0.2) is 4.79 Å². The van der Waals surface area contributed by atoms with Crippen LogP contribution in [0.25, 0.3) is 0 Å². The lowest BCUT2D eigenvalue weighted by Gasteiger charge is -2.05. The minimum absolute atomic E-state index is 0.141. The topological polar surface area (TPSA) is 59.7 Å². The average molecular weight is 210 g/mol. The zero-order chi connectivity index (χ0) is 10.8. The molecule has 0 aromatic carbocycles. The molecule has 15 heavy (non-hydrogen) atoms. The van der Waals surface area contributed by atoms with Crippen LogP contribution in [-0.2, 0) is 4.74 Å². The zero-order valence-electron chi connectivity index (χ0n) is 8.60. The van der Waals surface area contributed by atoms with E-state index in [0.29, 0.717) is 18.1 Å². The summed E-state index contributed by atoms with van der Waals surface area (Å²) < 4.78 is 9.71. The van der Waals surface area contributed by atoms with E-state index in [-0.39, 0.29) is 5.76 Å². The molecule has 4 nitrogen and oxygen atoms in total. The third-order valence-corrected chi connectivity index (χ3v) is 2.60. The molecule has 1 aliphatic carbocycles. The number of aliphatic hydroxyl groups is 1. The largest absolute Gasteiger partial charge is 0.463 e. The summed E-state index contributed by atoms with van der Waals surface area (Å²) in [4.78, 5) is 11.1. The second-order valence-electron chi connectivity index (χ2n) is 3.89. The Hall–Kier alpha value is -1.29. The number of methoxy groups -OCH3 is 1. The first-order valence-corrected chi connectivity index (χ1v) is 5.07. The summed E-state index contributed by atoms with van der Waals surface area (Å²) in [5, 5.41) is 9.75. The van der Waals surface area contributed by atoms with E-state index >= 15 is 0 Å². The number of rotatable bonds is 4. The first-order valence-electron chi connectivity index (χ1n) is 5.07. The molecular formula is C11H14O4. The number of aliphatic hydroxyl groups excluding tert-OH is 1. The molecule has 1 fully saturated rings. The van der Waals surface area contributed by atoms with E-state index in [2.05, 4.69) is 4.74 Å². The van der Waals surface area contributed by atoms with Gasteiger partial charge in [0.15, 0.2) is 0 Å². The van der Waals surface area contributed by atoms with Crippen LogP contribution in [0.2, 0.25) is 0 Å². The van der Waals surface area contributed by atoms with Crippen LogP contribution in [0.4, 0.5) is 0 Å². The number of ether oxygens (including phenoxy) is 1. The molecule has 0 saturated heterocycles. The van der Waals surface area contributed by atoms with E-state index in [1.54, 1.807) is 6.07 Å². The van der Waals surface area contributed by atoms with Gasteiger partial charge < -0.3 is 14.3 Å². The third-order valence-electron chi connectivity index (χ3n) is 2.60. The molecule has 1 unspecified atom stereocenters. The fourth-order valence-corrected chi connectivity index (χ4v) is 1.53. The molecule has 82 valence electrons. The summed E-state index contributed by atoms with van der Waals surface area (Å²) in [5.41, 5.74) is 0. The Morgan fingerprint density at radius 1 is 1.67 bits per heavy atom. The molecule has 0 amide bonds. The van der Waals surface area contributed by atoms with Crippen molar-refractivity contribution >= 4 is 5.97 Å². The van der Waals surface area contributed by atoms with Gasteiger partial charge in [0.25, 0.3) is 0 Å². The Bertz CT molecular complexity index is 351. The number of furan rings is 1. The molecule has 0 spiro atoms. The van der Waals surface area contributed by atoms with Crippen LogP contribution >= 0.6 is 0 Å². The first kappa shape index (κ1) is 10.2. The molecule has 1 N–H and O–H groups in total. The molecule has 0 aliphatic heterocycles. The smallest absolute Gasteiger partial charge is 0.373 e. The maximum absolute atomic E-state index is 11.1. The summed E-state index contributed by atoms with van der Waals surface area (Å²) in [6.07, 6.45) is 2.48. The van der Waals surface area contributed by atoms with Crippen molar-refractivity contribution in [2.45, 2.75) is 25.4 Å². The van der Waals surface area contributed by atoms with E-state index in [0.717, 1.165) is 0 Å². The number of hydrogen-bond acceptors (Lipinski definition) is 4. The Kier molecular flexibility index (Phi) is 2.77. The van der Waals surface area contributed by atoms with Crippen LogP contribution in [0.5, 0.6) is 0 Å². The molecule has 1 aromatic heterocycles. The Balaban J connectivity index is 2.01. The number of hydrogen-bond donors (Lipinski definition) is 1. The lowest BCUT2D eigenvalue weighted by Crippen LogP contribution is -1.99. The Morgan fingerprint density at radius 2 is 2.40 bits per heavy atom. The van der Waals surface area contributed by atoms with Crippen molar-refractivity contribution in [3.05, 3.63) is 23.7 Å². The summed E-state index contributed by atoms with van der Waals surface area (Å²) in [5.74, 6) is 0.691. The van der Waals surface area contributed by atoms with Crippen molar-refractivity contribution in [2.75, 3.05) is 7.11 Å². The second kappa shape index (κ2) is 4.06. The third kappa shape index (κ3) is 2.39. The van der Waals surface area contributed by atoms with Gasteiger partial charge in [0.05, 0.1) is 7.11 Å². The van der Waals surface area contributed by atoms with Gasteiger partial charge in [0.1, 0.15) is 11.9 Å². The number of carbonyl (C=O) groups is 1. The van der Waals surface area contributed by atoms with Crippen LogP contribution in [-0.4, -0.2) is 18.2 Å². The van der Waals surface area contributed by atoms with Crippen LogP contribution in [0.15, 0.2) is 16.5 Å². The van der Waals surface area contributed by atoms with Crippen molar-refractivity contribution < 1.29 is 19.1 Å². The summed E-state index contributed by atoms with van der Waals surface area (Å²) in [6.45, 7) is 0. The number of carbonyl (C=O) groups excluding carboxylic acids is 1. The zero-order valence-corrected chi connectivity index (χ0v) is 8.60.